The zero-order valence-corrected chi connectivity index (χ0v) is 12.2. The highest BCUT2D eigenvalue weighted by Crippen LogP contribution is 2.38. The first-order valence-corrected chi connectivity index (χ1v) is 8.11. The molecule has 2 N–H and O–H groups in total. The highest BCUT2D eigenvalue weighted by molar-refractivity contribution is 7.85. The third-order valence-corrected chi connectivity index (χ3v) is 5.84. The van der Waals surface area contributed by atoms with Crippen LogP contribution in [0.25, 0.3) is 0 Å². The van der Waals surface area contributed by atoms with Crippen molar-refractivity contribution in [3.8, 4) is 0 Å². The van der Waals surface area contributed by atoms with Gasteiger partial charge in [0.2, 0.25) is 0 Å². The molecule has 0 aromatic heterocycles. The van der Waals surface area contributed by atoms with Crippen molar-refractivity contribution in [2.45, 2.75) is 41.2 Å². The van der Waals surface area contributed by atoms with E-state index in [0.29, 0.717) is 32.5 Å². The summed E-state index contributed by atoms with van der Waals surface area (Å²) in [5.41, 5.74) is 6.06. The first-order chi connectivity index (χ1) is 10.0. The van der Waals surface area contributed by atoms with Crippen LogP contribution >= 0.6 is 0 Å². The Labute approximate surface area is 124 Å². The van der Waals surface area contributed by atoms with Crippen LogP contribution in [-0.2, 0) is 20.3 Å². The van der Waals surface area contributed by atoms with E-state index in [4.69, 9.17) is 15.2 Å². The summed E-state index contributed by atoms with van der Waals surface area (Å²) in [6.45, 7) is 1.03. The molecule has 3 rings (SSSR count). The SMILES string of the molecule is NC1CCC2(CC1S(=O)c1ccc(F)c(F)c1)OCCO2. The fraction of sp³-hybridized carbons (Fsp3) is 0.571. The fourth-order valence-corrected chi connectivity index (χ4v) is 4.53. The van der Waals surface area contributed by atoms with E-state index in [1.807, 2.05) is 0 Å². The van der Waals surface area contributed by atoms with E-state index in [0.717, 1.165) is 12.1 Å². The molecule has 4 nitrogen and oxygen atoms in total. The number of rotatable bonds is 2. The molecule has 1 saturated carbocycles. The van der Waals surface area contributed by atoms with Crippen LogP contribution in [-0.4, -0.2) is 34.5 Å². The number of hydrogen-bond donors (Lipinski definition) is 1. The first kappa shape index (κ1) is 15.0. The van der Waals surface area contributed by atoms with Crippen LogP contribution < -0.4 is 5.73 Å². The minimum Gasteiger partial charge on any atom is -0.347 e. The lowest BCUT2D eigenvalue weighted by Crippen LogP contribution is -2.50. The van der Waals surface area contributed by atoms with E-state index >= 15 is 0 Å². The van der Waals surface area contributed by atoms with E-state index in [9.17, 15) is 13.0 Å². The van der Waals surface area contributed by atoms with Crippen LogP contribution in [0.15, 0.2) is 23.1 Å². The van der Waals surface area contributed by atoms with Gasteiger partial charge in [-0.3, -0.25) is 4.21 Å². The molecule has 116 valence electrons. The minimum absolute atomic E-state index is 0.240. The zero-order valence-electron chi connectivity index (χ0n) is 11.4. The summed E-state index contributed by atoms with van der Waals surface area (Å²) in [6, 6.07) is 3.00. The Bertz CT molecular complexity index is 563. The van der Waals surface area contributed by atoms with Gasteiger partial charge in [0.15, 0.2) is 17.4 Å². The molecule has 2 aliphatic rings. The van der Waals surface area contributed by atoms with Gasteiger partial charge in [-0.25, -0.2) is 8.78 Å². The van der Waals surface area contributed by atoms with Crippen LogP contribution in [0.5, 0.6) is 0 Å². The van der Waals surface area contributed by atoms with E-state index in [1.165, 1.54) is 6.07 Å². The minimum atomic E-state index is -1.53. The largest absolute Gasteiger partial charge is 0.347 e. The van der Waals surface area contributed by atoms with Crippen molar-refractivity contribution in [3.63, 3.8) is 0 Å². The van der Waals surface area contributed by atoms with Gasteiger partial charge in [-0.1, -0.05) is 0 Å². The predicted octanol–water partition coefficient (Wildman–Crippen LogP) is 1.70. The highest BCUT2D eigenvalue weighted by Gasteiger charge is 2.46. The Kier molecular flexibility index (Phi) is 4.09. The van der Waals surface area contributed by atoms with Crippen molar-refractivity contribution < 1.29 is 22.5 Å². The molecular formula is C14H17F2NO3S. The highest BCUT2D eigenvalue weighted by atomic mass is 32.2. The first-order valence-electron chi connectivity index (χ1n) is 6.90. The summed E-state index contributed by atoms with van der Waals surface area (Å²) in [5, 5.41) is -0.401. The van der Waals surface area contributed by atoms with Crippen molar-refractivity contribution in [2.24, 2.45) is 5.73 Å². The second-order valence-electron chi connectivity index (χ2n) is 5.43. The summed E-state index contributed by atoms with van der Waals surface area (Å²) in [4.78, 5) is 0.240. The molecule has 1 saturated heterocycles. The summed E-state index contributed by atoms with van der Waals surface area (Å²) in [6.07, 6.45) is 1.69. The maximum atomic E-state index is 13.3. The summed E-state index contributed by atoms with van der Waals surface area (Å²) >= 11 is 0. The number of halogens is 2. The van der Waals surface area contributed by atoms with Crippen molar-refractivity contribution in [1.29, 1.82) is 0 Å². The Morgan fingerprint density at radius 2 is 1.95 bits per heavy atom. The van der Waals surface area contributed by atoms with Crippen LogP contribution in [0, 0.1) is 11.6 Å². The smallest absolute Gasteiger partial charge is 0.169 e. The van der Waals surface area contributed by atoms with Gasteiger partial charge in [0, 0.05) is 23.8 Å². The topological polar surface area (TPSA) is 61.6 Å². The Hall–Kier alpha value is -0.890. The molecule has 3 unspecified atom stereocenters. The second kappa shape index (κ2) is 5.72. The standard InChI is InChI=1S/C14H17F2NO3S/c15-10-2-1-9(7-11(10)16)21(18)13-8-14(4-3-12(13)17)19-5-6-20-14/h1-2,7,12-13H,3-6,8,17H2. The lowest BCUT2D eigenvalue weighted by Gasteiger charge is -2.39. The molecule has 1 aliphatic heterocycles. The molecule has 1 aromatic rings. The van der Waals surface area contributed by atoms with Gasteiger partial charge in [0.05, 0.1) is 29.3 Å². The number of benzene rings is 1. The lowest BCUT2D eigenvalue weighted by atomic mass is 9.90. The van der Waals surface area contributed by atoms with Gasteiger partial charge in [-0.2, -0.15) is 0 Å². The number of nitrogens with two attached hydrogens (primary N) is 1. The molecular weight excluding hydrogens is 300 g/mol. The molecule has 1 aliphatic carbocycles. The molecule has 2 fully saturated rings. The molecule has 1 heterocycles. The lowest BCUT2D eigenvalue weighted by molar-refractivity contribution is -0.177. The van der Waals surface area contributed by atoms with Crippen LogP contribution in [0.1, 0.15) is 19.3 Å². The molecule has 0 amide bonds. The Balaban J connectivity index is 1.83. The number of ether oxygens (including phenoxy) is 2. The van der Waals surface area contributed by atoms with E-state index < -0.39 is 33.5 Å². The maximum Gasteiger partial charge on any atom is 0.169 e. The van der Waals surface area contributed by atoms with Crippen molar-refractivity contribution in [2.75, 3.05) is 13.2 Å². The monoisotopic (exact) mass is 317 g/mol. The van der Waals surface area contributed by atoms with Gasteiger partial charge in [0.25, 0.3) is 0 Å². The fourth-order valence-electron chi connectivity index (χ4n) is 2.90. The quantitative estimate of drug-likeness (QED) is 0.902. The van der Waals surface area contributed by atoms with Gasteiger partial charge >= 0.3 is 0 Å². The molecule has 1 spiro atoms. The molecule has 0 bridgehead atoms. The van der Waals surface area contributed by atoms with Gasteiger partial charge < -0.3 is 15.2 Å². The summed E-state index contributed by atoms with van der Waals surface area (Å²) in [5.74, 6) is -2.68. The van der Waals surface area contributed by atoms with Gasteiger partial charge in [-0.05, 0) is 24.6 Å². The molecule has 21 heavy (non-hydrogen) atoms. The van der Waals surface area contributed by atoms with Crippen molar-refractivity contribution >= 4 is 10.8 Å². The average molecular weight is 317 g/mol. The third kappa shape index (κ3) is 2.88. The van der Waals surface area contributed by atoms with E-state index in [-0.39, 0.29) is 10.9 Å². The molecule has 3 atom stereocenters. The molecule has 1 aromatic carbocycles. The number of hydrogen-bond acceptors (Lipinski definition) is 4. The van der Waals surface area contributed by atoms with Crippen molar-refractivity contribution in [1.82, 2.24) is 0 Å². The molecule has 0 radical (unpaired) electrons. The molecule has 7 heteroatoms. The van der Waals surface area contributed by atoms with E-state index in [2.05, 4.69) is 0 Å². The predicted molar refractivity (Wildman–Crippen MR) is 73.0 cm³/mol. The third-order valence-electron chi connectivity index (χ3n) is 4.06. The van der Waals surface area contributed by atoms with Gasteiger partial charge in [0.1, 0.15) is 0 Å². The normalized spacial score (nSPS) is 29.7. The zero-order chi connectivity index (χ0) is 15.0. The van der Waals surface area contributed by atoms with Gasteiger partial charge in [-0.15, -0.1) is 0 Å². The van der Waals surface area contributed by atoms with Crippen LogP contribution in [0.4, 0.5) is 8.78 Å². The Morgan fingerprint density at radius 1 is 1.24 bits per heavy atom. The second-order valence-corrected chi connectivity index (χ2v) is 7.10. The maximum absolute atomic E-state index is 13.3. The van der Waals surface area contributed by atoms with E-state index in [1.54, 1.807) is 0 Å². The average Bonchev–Trinajstić information content (AvgIpc) is 2.92. The van der Waals surface area contributed by atoms with Crippen LogP contribution in [0.3, 0.4) is 0 Å². The van der Waals surface area contributed by atoms with Crippen molar-refractivity contribution in [3.05, 3.63) is 29.8 Å². The van der Waals surface area contributed by atoms with Crippen LogP contribution in [0.2, 0.25) is 0 Å². The summed E-state index contributed by atoms with van der Waals surface area (Å²) in [7, 11) is -1.53. The summed E-state index contributed by atoms with van der Waals surface area (Å²) < 4.78 is 50.2. The Morgan fingerprint density at radius 3 is 2.62 bits per heavy atom.